The number of benzene rings is 2. The van der Waals surface area contributed by atoms with Crippen molar-refractivity contribution in [2.24, 2.45) is 0 Å². The van der Waals surface area contributed by atoms with Gasteiger partial charge in [0.2, 0.25) is 5.88 Å². The van der Waals surface area contributed by atoms with Crippen LogP contribution in [0, 0.1) is 3.57 Å². The Labute approximate surface area is 135 Å². The standard InChI is InChI=1S/C16H11ClINO/c17-10-12-9-11-5-1-3-7-14(11)19-16(12)20-15-8-4-2-6-13(15)18/h1-9H,10H2. The first-order valence-electron chi connectivity index (χ1n) is 6.15. The minimum Gasteiger partial charge on any atom is -0.438 e. The molecule has 0 atom stereocenters. The molecule has 0 saturated heterocycles. The summed E-state index contributed by atoms with van der Waals surface area (Å²) in [7, 11) is 0. The van der Waals surface area contributed by atoms with Crippen molar-refractivity contribution in [3.63, 3.8) is 0 Å². The summed E-state index contributed by atoms with van der Waals surface area (Å²) in [5, 5.41) is 1.07. The van der Waals surface area contributed by atoms with Crippen molar-refractivity contribution in [3.8, 4) is 11.6 Å². The van der Waals surface area contributed by atoms with E-state index in [9.17, 15) is 0 Å². The predicted molar refractivity (Wildman–Crippen MR) is 90.5 cm³/mol. The first kappa shape index (κ1) is 13.6. The summed E-state index contributed by atoms with van der Waals surface area (Å²) in [6, 6.07) is 17.8. The quantitative estimate of drug-likeness (QED) is 0.439. The fourth-order valence-corrected chi connectivity index (χ4v) is 2.65. The Morgan fingerprint density at radius 1 is 1.05 bits per heavy atom. The third-order valence-corrected chi connectivity index (χ3v) is 4.13. The number of hydrogen-bond donors (Lipinski definition) is 0. The molecule has 3 aromatic rings. The maximum atomic E-state index is 6.02. The molecule has 20 heavy (non-hydrogen) atoms. The highest BCUT2D eigenvalue weighted by atomic mass is 127. The van der Waals surface area contributed by atoms with Gasteiger partial charge in [-0.2, -0.15) is 0 Å². The summed E-state index contributed by atoms with van der Waals surface area (Å²) in [4.78, 5) is 4.57. The van der Waals surface area contributed by atoms with E-state index in [0.29, 0.717) is 11.8 Å². The zero-order valence-electron chi connectivity index (χ0n) is 10.5. The number of aromatic nitrogens is 1. The van der Waals surface area contributed by atoms with E-state index in [-0.39, 0.29) is 0 Å². The van der Waals surface area contributed by atoms with Gasteiger partial charge in [0.1, 0.15) is 5.75 Å². The summed E-state index contributed by atoms with van der Waals surface area (Å²) in [5.41, 5.74) is 1.80. The minimum atomic E-state index is 0.372. The normalized spacial score (nSPS) is 10.7. The molecule has 0 aliphatic heterocycles. The van der Waals surface area contributed by atoms with Crippen LogP contribution in [0.3, 0.4) is 0 Å². The smallest absolute Gasteiger partial charge is 0.224 e. The Bertz CT molecular complexity index is 760. The lowest BCUT2D eigenvalue weighted by Crippen LogP contribution is -1.95. The second-order valence-corrected chi connectivity index (χ2v) is 5.74. The van der Waals surface area contributed by atoms with Crippen LogP contribution in [0.2, 0.25) is 0 Å². The van der Waals surface area contributed by atoms with Crippen LogP contribution in [-0.4, -0.2) is 4.98 Å². The van der Waals surface area contributed by atoms with Crippen LogP contribution in [0.15, 0.2) is 54.6 Å². The average molecular weight is 396 g/mol. The van der Waals surface area contributed by atoms with E-state index < -0.39 is 0 Å². The van der Waals surface area contributed by atoms with E-state index in [2.05, 4.69) is 27.6 Å². The van der Waals surface area contributed by atoms with Gasteiger partial charge in [-0.3, -0.25) is 0 Å². The largest absolute Gasteiger partial charge is 0.438 e. The molecule has 1 aromatic heterocycles. The van der Waals surface area contributed by atoms with Gasteiger partial charge in [-0.25, -0.2) is 4.98 Å². The molecule has 2 nitrogen and oxygen atoms in total. The van der Waals surface area contributed by atoms with Crippen LogP contribution in [0.4, 0.5) is 0 Å². The lowest BCUT2D eigenvalue weighted by molar-refractivity contribution is 0.457. The fraction of sp³-hybridized carbons (Fsp3) is 0.0625. The van der Waals surface area contributed by atoms with E-state index in [0.717, 1.165) is 25.8 Å². The zero-order chi connectivity index (χ0) is 13.9. The molecule has 0 N–H and O–H groups in total. The monoisotopic (exact) mass is 395 g/mol. The lowest BCUT2D eigenvalue weighted by atomic mass is 10.2. The summed E-state index contributed by atoms with van der Waals surface area (Å²) in [6.07, 6.45) is 0. The molecular weight excluding hydrogens is 385 g/mol. The number of hydrogen-bond acceptors (Lipinski definition) is 2. The molecule has 0 radical (unpaired) electrons. The maximum absolute atomic E-state index is 6.02. The number of alkyl halides is 1. The fourth-order valence-electron chi connectivity index (χ4n) is 1.96. The average Bonchev–Trinajstić information content (AvgIpc) is 2.49. The number of fused-ring (bicyclic) bond motifs is 1. The van der Waals surface area contributed by atoms with E-state index in [1.165, 1.54) is 0 Å². The molecule has 0 aliphatic rings. The van der Waals surface area contributed by atoms with E-state index in [1.54, 1.807) is 0 Å². The van der Waals surface area contributed by atoms with Crippen molar-refractivity contribution in [2.45, 2.75) is 5.88 Å². The van der Waals surface area contributed by atoms with Crippen molar-refractivity contribution >= 4 is 45.1 Å². The van der Waals surface area contributed by atoms with Gasteiger partial charge in [-0.15, -0.1) is 11.6 Å². The zero-order valence-corrected chi connectivity index (χ0v) is 13.4. The van der Waals surface area contributed by atoms with Gasteiger partial charge in [-0.05, 0) is 46.9 Å². The van der Waals surface area contributed by atoms with Gasteiger partial charge in [0, 0.05) is 10.9 Å². The second kappa shape index (κ2) is 5.97. The summed E-state index contributed by atoms with van der Waals surface area (Å²) < 4.78 is 6.98. The number of rotatable bonds is 3. The molecule has 0 aliphatic carbocycles. The molecule has 0 amide bonds. The molecule has 0 saturated carbocycles. The van der Waals surface area contributed by atoms with Crippen LogP contribution in [0.1, 0.15) is 5.56 Å². The highest BCUT2D eigenvalue weighted by Crippen LogP contribution is 2.30. The van der Waals surface area contributed by atoms with Gasteiger partial charge in [0.15, 0.2) is 0 Å². The molecule has 0 spiro atoms. The van der Waals surface area contributed by atoms with Gasteiger partial charge < -0.3 is 4.74 Å². The van der Waals surface area contributed by atoms with Crippen LogP contribution >= 0.6 is 34.2 Å². The van der Waals surface area contributed by atoms with Gasteiger partial charge in [0.05, 0.1) is 15.0 Å². The Morgan fingerprint density at radius 3 is 2.60 bits per heavy atom. The topological polar surface area (TPSA) is 22.1 Å². The minimum absolute atomic E-state index is 0.372. The summed E-state index contributed by atoms with van der Waals surface area (Å²) >= 11 is 8.26. The first-order chi connectivity index (χ1) is 9.78. The molecule has 4 heteroatoms. The van der Waals surface area contributed by atoms with E-state index >= 15 is 0 Å². The Kier molecular flexibility index (Phi) is 4.08. The van der Waals surface area contributed by atoms with Gasteiger partial charge in [-0.1, -0.05) is 30.3 Å². The van der Waals surface area contributed by atoms with Crippen LogP contribution in [0.5, 0.6) is 11.6 Å². The molecular formula is C16H11ClINO. The number of halogens is 2. The van der Waals surface area contributed by atoms with Crippen molar-refractivity contribution in [1.82, 2.24) is 4.98 Å². The van der Waals surface area contributed by atoms with E-state index in [4.69, 9.17) is 16.3 Å². The van der Waals surface area contributed by atoms with Crippen LogP contribution in [0.25, 0.3) is 10.9 Å². The maximum Gasteiger partial charge on any atom is 0.224 e. The molecule has 1 heterocycles. The molecule has 0 unspecified atom stereocenters. The van der Waals surface area contributed by atoms with Gasteiger partial charge in [0.25, 0.3) is 0 Å². The highest BCUT2D eigenvalue weighted by Gasteiger charge is 2.10. The van der Waals surface area contributed by atoms with Crippen LogP contribution in [-0.2, 0) is 5.88 Å². The van der Waals surface area contributed by atoms with E-state index in [1.807, 2.05) is 54.6 Å². The van der Waals surface area contributed by atoms with Crippen molar-refractivity contribution in [3.05, 3.63) is 63.7 Å². The third kappa shape index (κ3) is 2.74. The molecule has 0 bridgehead atoms. The summed E-state index contributed by atoms with van der Waals surface area (Å²) in [5.74, 6) is 1.74. The Morgan fingerprint density at radius 2 is 1.80 bits per heavy atom. The molecule has 100 valence electrons. The number of nitrogens with zero attached hydrogens (tertiary/aromatic N) is 1. The molecule has 0 fully saturated rings. The Hall–Kier alpha value is -1.33. The first-order valence-corrected chi connectivity index (χ1v) is 7.76. The van der Waals surface area contributed by atoms with Crippen molar-refractivity contribution in [2.75, 3.05) is 0 Å². The number of pyridine rings is 1. The predicted octanol–water partition coefficient (Wildman–Crippen LogP) is 5.37. The SMILES string of the molecule is ClCc1cc2ccccc2nc1Oc1ccccc1I. The van der Waals surface area contributed by atoms with Crippen molar-refractivity contribution < 1.29 is 4.74 Å². The van der Waals surface area contributed by atoms with Crippen molar-refractivity contribution in [1.29, 1.82) is 0 Å². The summed E-state index contributed by atoms with van der Waals surface area (Å²) in [6.45, 7) is 0. The lowest BCUT2D eigenvalue weighted by Gasteiger charge is -2.11. The number of para-hydroxylation sites is 2. The highest BCUT2D eigenvalue weighted by molar-refractivity contribution is 14.1. The Balaban J connectivity index is 2.08. The van der Waals surface area contributed by atoms with Crippen LogP contribution < -0.4 is 4.74 Å². The molecule has 3 rings (SSSR count). The molecule has 2 aromatic carbocycles. The third-order valence-electron chi connectivity index (χ3n) is 2.95. The van der Waals surface area contributed by atoms with Gasteiger partial charge >= 0.3 is 0 Å². The second-order valence-electron chi connectivity index (χ2n) is 4.31. The number of ether oxygens (including phenoxy) is 1.